The predicted molar refractivity (Wildman–Crippen MR) is 67.2 cm³/mol. The van der Waals surface area contributed by atoms with Gasteiger partial charge < -0.3 is 4.74 Å². The molecule has 1 heterocycles. The maximum Gasteiger partial charge on any atom is 0.0634 e. The van der Waals surface area contributed by atoms with E-state index in [9.17, 15) is 0 Å². The van der Waals surface area contributed by atoms with E-state index < -0.39 is 0 Å². The van der Waals surface area contributed by atoms with Crippen LogP contribution in [0.3, 0.4) is 0 Å². The van der Waals surface area contributed by atoms with Gasteiger partial charge in [-0.1, -0.05) is 23.7 Å². The summed E-state index contributed by atoms with van der Waals surface area (Å²) >= 11 is 11.8. The first kappa shape index (κ1) is 12.2. The van der Waals surface area contributed by atoms with Crippen LogP contribution >= 0.6 is 23.2 Å². The van der Waals surface area contributed by atoms with Crippen LogP contribution in [0.4, 0.5) is 0 Å². The van der Waals surface area contributed by atoms with Crippen molar-refractivity contribution in [3.05, 3.63) is 34.9 Å². The van der Waals surface area contributed by atoms with Gasteiger partial charge in [-0.05, 0) is 17.7 Å². The molecule has 0 N–H and O–H groups in total. The Labute approximate surface area is 106 Å². The van der Waals surface area contributed by atoms with Crippen molar-refractivity contribution in [2.45, 2.75) is 12.6 Å². The van der Waals surface area contributed by atoms with E-state index >= 15 is 0 Å². The van der Waals surface area contributed by atoms with Gasteiger partial charge in [0.1, 0.15) is 0 Å². The minimum absolute atomic E-state index is 0.325. The summed E-state index contributed by atoms with van der Waals surface area (Å²) in [5, 5.41) is 0.777. The number of morpholine rings is 1. The molecule has 1 atom stereocenters. The van der Waals surface area contributed by atoms with Gasteiger partial charge in [0.05, 0.1) is 13.2 Å². The normalized spacial score (nSPS) is 22.2. The number of hydrogen-bond acceptors (Lipinski definition) is 2. The van der Waals surface area contributed by atoms with E-state index in [0.717, 1.165) is 31.3 Å². The van der Waals surface area contributed by atoms with Crippen LogP contribution in [0.25, 0.3) is 0 Å². The summed E-state index contributed by atoms with van der Waals surface area (Å²) in [5.41, 5.74) is 1.27. The lowest BCUT2D eigenvalue weighted by molar-refractivity contribution is -0.00303. The van der Waals surface area contributed by atoms with E-state index in [0.29, 0.717) is 11.9 Å². The molecule has 0 saturated carbocycles. The first-order chi connectivity index (χ1) is 7.79. The van der Waals surface area contributed by atoms with Crippen molar-refractivity contribution in [1.29, 1.82) is 0 Å². The van der Waals surface area contributed by atoms with Crippen LogP contribution in [0.15, 0.2) is 24.3 Å². The zero-order chi connectivity index (χ0) is 11.4. The molecule has 1 aliphatic heterocycles. The molecule has 2 rings (SSSR count). The Morgan fingerprint density at radius 3 is 2.75 bits per heavy atom. The molecule has 0 radical (unpaired) electrons. The van der Waals surface area contributed by atoms with Crippen molar-refractivity contribution in [3.63, 3.8) is 0 Å². The van der Waals surface area contributed by atoms with E-state index in [1.54, 1.807) is 0 Å². The summed E-state index contributed by atoms with van der Waals surface area (Å²) in [7, 11) is 0. The van der Waals surface area contributed by atoms with Gasteiger partial charge in [-0.3, -0.25) is 4.90 Å². The molecular formula is C12H15Cl2NO. The van der Waals surface area contributed by atoms with Crippen molar-refractivity contribution < 1.29 is 4.74 Å². The van der Waals surface area contributed by atoms with Crippen LogP contribution in [0.1, 0.15) is 5.56 Å². The zero-order valence-electron chi connectivity index (χ0n) is 9.03. The number of nitrogens with zero attached hydrogens (tertiary/aromatic N) is 1. The van der Waals surface area contributed by atoms with Gasteiger partial charge in [0.25, 0.3) is 0 Å². The van der Waals surface area contributed by atoms with Gasteiger partial charge in [0.15, 0.2) is 0 Å². The second kappa shape index (κ2) is 5.87. The first-order valence-electron chi connectivity index (χ1n) is 5.42. The van der Waals surface area contributed by atoms with E-state index in [1.165, 1.54) is 5.56 Å². The van der Waals surface area contributed by atoms with Crippen LogP contribution in [-0.2, 0) is 11.3 Å². The Kier molecular flexibility index (Phi) is 4.47. The lowest BCUT2D eigenvalue weighted by Crippen LogP contribution is -2.45. The Morgan fingerprint density at radius 1 is 1.31 bits per heavy atom. The Bertz CT molecular complexity index is 328. The number of halogens is 2. The monoisotopic (exact) mass is 259 g/mol. The Morgan fingerprint density at radius 2 is 2.06 bits per heavy atom. The largest absolute Gasteiger partial charge is 0.378 e. The predicted octanol–water partition coefficient (Wildman–Crippen LogP) is 2.78. The lowest BCUT2D eigenvalue weighted by Gasteiger charge is -2.34. The van der Waals surface area contributed by atoms with Crippen molar-refractivity contribution in [2.24, 2.45) is 0 Å². The van der Waals surface area contributed by atoms with Gasteiger partial charge in [-0.15, -0.1) is 11.6 Å². The molecule has 2 nitrogen and oxygen atoms in total. The van der Waals surface area contributed by atoms with E-state index in [2.05, 4.69) is 17.0 Å². The minimum atomic E-state index is 0.325. The Hall–Kier alpha value is -0.280. The minimum Gasteiger partial charge on any atom is -0.378 e. The topological polar surface area (TPSA) is 12.5 Å². The molecule has 1 saturated heterocycles. The fourth-order valence-corrected chi connectivity index (χ4v) is 2.27. The number of alkyl halides is 1. The summed E-state index contributed by atoms with van der Waals surface area (Å²) in [4.78, 5) is 2.36. The molecule has 0 amide bonds. The maximum atomic E-state index is 5.92. The van der Waals surface area contributed by atoms with Crippen molar-refractivity contribution in [2.75, 3.05) is 25.6 Å². The third-order valence-electron chi connectivity index (χ3n) is 2.83. The summed E-state index contributed by atoms with van der Waals surface area (Å²) in [6.45, 7) is 3.38. The molecule has 0 aliphatic carbocycles. The summed E-state index contributed by atoms with van der Waals surface area (Å²) < 4.78 is 5.41. The highest BCUT2D eigenvalue weighted by Crippen LogP contribution is 2.15. The summed E-state index contributed by atoms with van der Waals surface area (Å²) in [6, 6.07) is 8.29. The highest BCUT2D eigenvalue weighted by molar-refractivity contribution is 6.30. The first-order valence-corrected chi connectivity index (χ1v) is 6.33. The molecule has 16 heavy (non-hydrogen) atoms. The third kappa shape index (κ3) is 3.11. The van der Waals surface area contributed by atoms with Crippen LogP contribution in [0, 0.1) is 0 Å². The number of hydrogen-bond donors (Lipinski definition) is 0. The van der Waals surface area contributed by atoms with Gasteiger partial charge in [0.2, 0.25) is 0 Å². The molecule has 1 aliphatic rings. The quantitative estimate of drug-likeness (QED) is 0.775. The lowest BCUT2D eigenvalue weighted by atomic mass is 10.1. The molecule has 1 fully saturated rings. The SMILES string of the molecule is ClCC1COCCN1Cc1ccc(Cl)cc1. The van der Waals surface area contributed by atoms with Gasteiger partial charge >= 0.3 is 0 Å². The smallest absolute Gasteiger partial charge is 0.0634 e. The van der Waals surface area contributed by atoms with Crippen molar-refractivity contribution in [1.82, 2.24) is 4.90 Å². The second-order valence-electron chi connectivity index (χ2n) is 3.98. The molecule has 1 unspecified atom stereocenters. The molecule has 4 heteroatoms. The fourth-order valence-electron chi connectivity index (χ4n) is 1.86. The molecule has 1 aromatic carbocycles. The average Bonchev–Trinajstić information content (AvgIpc) is 2.33. The summed E-state index contributed by atoms with van der Waals surface area (Å²) in [6.07, 6.45) is 0. The zero-order valence-corrected chi connectivity index (χ0v) is 10.5. The van der Waals surface area contributed by atoms with Crippen LogP contribution < -0.4 is 0 Å². The number of rotatable bonds is 3. The molecular weight excluding hydrogens is 245 g/mol. The number of benzene rings is 1. The Balaban J connectivity index is 1.99. The van der Waals surface area contributed by atoms with E-state index in [1.807, 2.05) is 12.1 Å². The van der Waals surface area contributed by atoms with Crippen molar-refractivity contribution >= 4 is 23.2 Å². The molecule has 88 valence electrons. The fraction of sp³-hybridized carbons (Fsp3) is 0.500. The van der Waals surface area contributed by atoms with Crippen LogP contribution in [0.2, 0.25) is 5.02 Å². The molecule has 1 aromatic rings. The molecule has 0 aromatic heterocycles. The van der Waals surface area contributed by atoms with Gasteiger partial charge in [-0.2, -0.15) is 0 Å². The van der Waals surface area contributed by atoms with Crippen molar-refractivity contribution in [3.8, 4) is 0 Å². The standard InChI is InChI=1S/C12H15Cl2NO/c13-7-12-9-16-6-5-15(12)8-10-1-3-11(14)4-2-10/h1-4,12H,5-9H2. The third-order valence-corrected chi connectivity index (χ3v) is 3.43. The average molecular weight is 260 g/mol. The molecule has 0 bridgehead atoms. The number of ether oxygens (including phenoxy) is 1. The van der Waals surface area contributed by atoms with Crippen LogP contribution in [-0.4, -0.2) is 36.6 Å². The highest BCUT2D eigenvalue weighted by Gasteiger charge is 2.21. The van der Waals surface area contributed by atoms with Crippen LogP contribution in [0.5, 0.6) is 0 Å². The highest BCUT2D eigenvalue weighted by atomic mass is 35.5. The maximum absolute atomic E-state index is 5.92. The van der Waals surface area contributed by atoms with E-state index in [-0.39, 0.29) is 0 Å². The summed E-state index contributed by atoms with van der Waals surface area (Å²) in [5.74, 6) is 0.619. The molecule has 0 spiro atoms. The second-order valence-corrected chi connectivity index (χ2v) is 4.73. The van der Waals surface area contributed by atoms with E-state index in [4.69, 9.17) is 27.9 Å². The van der Waals surface area contributed by atoms with Gasteiger partial charge in [-0.25, -0.2) is 0 Å². The van der Waals surface area contributed by atoms with Gasteiger partial charge in [0, 0.05) is 30.0 Å².